The van der Waals surface area contributed by atoms with E-state index in [1.54, 1.807) is 7.11 Å². The molecule has 0 atom stereocenters. The molecule has 0 saturated heterocycles. The highest BCUT2D eigenvalue weighted by atomic mass is 16.5. The Kier molecular flexibility index (Phi) is 7.80. The molecule has 1 amide bonds. The zero-order chi connectivity index (χ0) is 18.8. The number of carbonyl (C=O) groups is 1. The molecule has 0 aliphatic carbocycles. The molecule has 0 spiro atoms. The summed E-state index contributed by atoms with van der Waals surface area (Å²) in [7, 11) is 1.60. The van der Waals surface area contributed by atoms with Crippen LogP contribution >= 0.6 is 0 Å². The second-order valence-corrected chi connectivity index (χ2v) is 5.88. The number of benzene rings is 2. The van der Waals surface area contributed by atoms with Crippen molar-refractivity contribution in [3.63, 3.8) is 0 Å². The van der Waals surface area contributed by atoms with Gasteiger partial charge in [-0.25, -0.2) is 0 Å². The Hall–Kier alpha value is -2.69. The van der Waals surface area contributed by atoms with Gasteiger partial charge in [0.25, 0.3) is 5.91 Å². The average Bonchev–Trinajstić information content (AvgIpc) is 2.69. The van der Waals surface area contributed by atoms with Gasteiger partial charge >= 0.3 is 0 Å². The van der Waals surface area contributed by atoms with Crippen LogP contribution in [0.3, 0.4) is 0 Å². The Balaban J connectivity index is 1.82. The third-order valence-electron chi connectivity index (χ3n) is 4.08. The van der Waals surface area contributed by atoms with Crippen molar-refractivity contribution in [2.45, 2.75) is 20.3 Å². The topological polar surface area (TPSA) is 50.8 Å². The minimum Gasteiger partial charge on any atom is -0.493 e. The van der Waals surface area contributed by atoms with Crippen molar-refractivity contribution < 1.29 is 14.3 Å². The molecule has 26 heavy (non-hydrogen) atoms. The molecular weight excluding hydrogens is 328 g/mol. The Morgan fingerprint density at radius 3 is 2.35 bits per heavy atom. The summed E-state index contributed by atoms with van der Waals surface area (Å²) in [6.45, 7) is 7.08. The number of hydrogen-bond acceptors (Lipinski definition) is 4. The molecule has 140 valence electrons. The lowest BCUT2D eigenvalue weighted by atomic mass is 10.1. The van der Waals surface area contributed by atoms with Crippen LogP contribution in [-0.2, 0) is 0 Å². The van der Waals surface area contributed by atoms with Gasteiger partial charge in [0.1, 0.15) is 6.61 Å². The molecule has 0 unspecified atom stereocenters. The first-order valence-corrected chi connectivity index (χ1v) is 9.08. The number of methoxy groups -OCH3 is 1. The summed E-state index contributed by atoms with van der Waals surface area (Å²) in [4.78, 5) is 14.5. The number of carbonyl (C=O) groups excluding carboxylic acids is 1. The number of para-hydroxylation sites is 2. The number of amides is 1. The summed E-state index contributed by atoms with van der Waals surface area (Å²) in [5, 5.41) is 2.88. The van der Waals surface area contributed by atoms with Crippen molar-refractivity contribution >= 4 is 11.6 Å². The van der Waals surface area contributed by atoms with Gasteiger partial charge < -0.3 is 19.7 Å². The third-order valence-corrected chi connectivity index (χ3v) is 4.08. The largest absolute Gasteiger partial charge is 0.493 e. The molecular formula is C21H28N2O3. The number of ether oxygens (including phenoxy) is 2. The summed E-state index contributed by atoms with van der Waals surface area (Å²) in [5.41, 5.74) is 1.80. The zero-order valence-corrected chi connectivity index (χ0v) is 15.8. The second kappa shape index (κ2) is 10.3. The van der Waals surface area contributed by atoms with E-state index in [1.807, 2.05) is 48.5 Å². The maximum Gasteiger partial charge on any atom is 0.251 e. The predicted molar refractivity (Wildman–Crippen MR) is 105 cm³/mol. The first kappa shape index (κ1) is 19.6. The highest BCUT2D eigenvalue weighted by molar-refractivity contribution is 5.94. The molecule has 0 aliphatic heterocycles. The molecule has 2 aromatic carbocycles. The van der Waals surface area contributed by atoms with E-state index in [0.29, 0.717) is 30.2 Å². The number of anilines is 1. The highest BCUT2D eigenvalue weighted by Crippen LogP contribution is 2.25. The molecule has 2 rings (SSSR count). The number of nitrogens with zero attached hydrogens (tertiary/aromatic N) is 1. The molecule has 0 radical (unpaired) electrons. The van der Waals surface area contributed by atoms with Crippen LogP contribution in [-0.4, -0.2) is 39.3 Å². The molecule has 0 heterocycles. The lowest BCUT2D eigenvalue weighted by Gasteiger charge is -2.22. The summed E-state index contributed by atoms with van der Waals surface area (Å²) >= 11 is 0. The van der Waals surface area contributed by atoms with E-state index in [-0.39, 0.29) is 5.91 Å². The van der Waals surface area contributed by atoms with Gasteiger partial charge in [0.05, 0.1) is 13.7 Å². The molecule has 5 nitrogen and oxygen atoms in total. The smallest absolute Gasteiger partial charge is 0.251 e. The lowest BCUT2D eigenvalue weighted by Crippen LogP contribution is -2.28. The summed E-state index contributed by atoms with van der Waals surface area (Å²) < 4.78 is 10.9. The van der Waals surface area contributed by atoms with Gasteiger partial charge in [-0.05, 0) is 49.7 Å². The lowest BCUT2D eigenvalue weighted by molar-refractivity contribution is 0.0947. The summed E-state index contributed by atoms with van der Waals surface area (Å²) in [6, 6.07) is 15.2. The maximum atomic E-state index is 12.3. The SMILES string of the molecule is CCCN(CC)c1ccc(C(=O)NCCOc2ccccc2OC)cc1. The molecule has 5 heteroatoms. The normalized spacial score (nSPS) is 10.3. The van der Waals surface area contributed by atoms with E-state index in [2.05, 4.69) is 24.1 Å². The summed E-state index contributed by atoms with van der Waals surface area (Å²) in [5.74, 6) is 1.25. The van der Waals surface area contributed by atoms with Gasteiger partial charge in [0.15, 0.2) is 11.5 Å². The van der Waals surface area contributed by atoms with Crippen LogP contribution in [0.4, 0.5) is 5.69 Å². The van der Waals surface area contributed by atoms with Crippen molar-refractivity contribution in [2.24, 2.45) is 0 Å². The van der Waals surface area contributed by atoms with Crippen LogP contribution in [0.15, 0.2) is 48.5 Å². The fourth-order valence-corrected chi connectivity index (χ4v) is 2.73. The molecule has 0 saturated carbocycles. The van der Waals surface area contributed by atoms with Crippen molar-refractivity contribution in [2.75, 3.05) is 38.3 Å². The van der Waals surface area contributed by atoms with Crippen LogP contribution in [0.25, 0.3) is 0 Å². The van der Waals surface area contributed by atoms with Crippen LogP contribution in [0.2, 0.25) is 0 Å². The first-order valence-electron chi connectivity index (χ1n) is 9.08. The Bertz CT molecular complexity index is 686. The van der Waals surface area contributed by atoms with Gasteiger partial charge in [-0.1, -0.05) is 19.1 Å². The van der Waals surface area contributed by atoms with E-state index in [0.717, 1.165) is 25.2 Å². The van der Waals surface area contributed by atoms with Gasteiger partial charge in [-0.3, -0.25) is 4.79 Å². The molecule has 2 aromatic rings. The fourth-order valence-electron chi connectivity index (χ4n) is 2.73. The van der Waals surface area contributed by atoms with Crippen LogP contribution < -0.4 is 19.7 Å². The zero-order valence-electron chi connectivity index (χ0n) is 15.8. The Morgan fingerprint density at radius 2 is 1.73 bits per heavy atom. The average molecular weight is 356 g/mol. The van der Waals surface area contributed by atoms with Gasteiger partial charge in [0.2, 0.25) is 0 Å². The number of nitrogens with one attached hydrogen (secondary N) is 1. The quantitative estimate of drug-likeness (QED) is 0.659. The van der Waals surface area contributed by atoms with Crippen molar-refractivity contribution in [1.82, 2.24) is 5.32 Å². The van der Waals surface area contributed by atoms with E-state index < -0.39 is 0 Å². The fraction of sp³-hybridized carbons (Fsp3) is 0.381. The van der Waals surface area contributed by atoms with Crippen molar-refractivity contribution in [1.29, 1.82) is 0 Å². The standard InChI is InChI=1S/C21H28N2O3/c1-4-15-23(5-2)18-12-10-17(11-13-18)21(24)22-14-16-26-20-9-7-6-8-19(20)25-3/h6-13H,4-5,14-16H2,1-3H3,(H,22,24). The monoisotopic (exact) mass is 356 g/mol. The predicted octanol–water partition coefficient (Wildman–Crippen LogP) is 3.74. The highest BCUT2D eigenvalue weighted by Gasteiger charge is 2.08. The van der Waals surface area contributed by atoms with Crippen LogP contribution in [0, 0.1) is 0 Å². The van der Waals surface area contributed by atoms with E-state index >= 15 is 0 Å². The van der Waals surface area contributed by atoms with Crippen LogP contribution in [0.5, 0.6) is 11.5 Å². The third kappa shape index (κ3) is 5.41. The van der Waals surface area contributed by atoms with Crippen molar-refractivity contribution in [3.05, 3.63) is 54.1 Å². The van der Waals surface area contributed by atoms with Crippen molar-refractivity contribution in [3.8, 4) is 11.5 Å². The first-order chi connectivity index (χ1) is 12.7. The molecule has 0 aliphatic rings. The molecule has 0 bridgehead atoms. The molecule has 1 N–H and O–H groups in total. The molecule has 0 aromatic heterocycles. The van der Waals surface area contributed by atoms with E-state index in [4.69, 9.17) is 9.47 Å². The number of hydrogen-bond donors (Lipinski definition) is 1. The maximum absolute atomic E-state index is 12.3. The van der Waals surface area contributed by atoms with E-state index in [1.165, 1.54) is 0 Å². The number of rotatable bonds is 10. The van der Waals surface area contributed by atoms with Crippen LogP contribution in [0.1, 0.15) is 30.6 Å². The van der Waals surface area contributed by atoms with Gasteiger partial charge in [-0.15, -0.1) is 0 Å². The van der Waals surface area contributed by atoms with E-state index in [9.17, 15) is 4.79 Å². The Labute approximate surface area is 155 Å². The Morgan fingerprint density at radius 1 is 1.04 bits per heavy atom. The minimum atomic E-state index is -0.0984. The van der Waals surface area contributed by atoms with Gasteiger partial charge in [-0.2, -0.15) is 0 Å². The second-order valence-electron chi connectivity index (χ2n) is 5.88. The van der Waals surface area contributed by atoms with Gasteiger partial charge in [0, 0.05) is 24.3 Å². The minimum absolute atomic E-state index is 0.0984. The molecule has 0 fully saturated rings. The summed E-state index contributed by atoms with van der Waals surface area (Å²) in [6.07, 6.45) is 1.10.